The van der Waals surface area contributed by atoms with Crippen LogP contribution in [0.2, 0.25) is 0 Å². The molecule has 0 saturated heterocycles. The Kier molecular flexibility index (Phi) is 55.5. The summed E-state index contributed by atoms with van der Waals surface area (Å²) in [5.41, 5.74) is 24.8. The van der Waals surface area contributed by atoms with Gasteiger partial charge in [0, 0.05) is 109 Å². The van der Waals surface area contributed by atoms with Crippen molar-refractivity contribution in [1.29, 1.82) is 0 Å². The van der Waals surface area contributed by atoms with Crippen LogP contribution < -0.4 is 136 Å². The van der Waals surface area contributed by atoms with Crippen LogP contribution in [0, 0.1) is 0 Å². The van der Waals surface area contributed by atoms with Crippen molar-refractivity contribution in [2.24, 2.45) is 17.2 Å². The van der Waals surface area contributed by atoms with E-state index in [-0.39, 0.29) is 183 Å². The van der Waals surface area contributed by atoms with Gasteiger partial charge in [-0.1, -0.05) is 120 Å². The Labute approximate surface area is 722 Å². The number of nitrogens with two attached hydrogens (primary N) is 4. The number of hydrogen-bond acceptors (Lipinski definition) is 20. The van der Waals surface area contributed by atoms with Crippen LogP contribution in [0.25, 0.3) is 21.8 Å². The number of carbonyl (C=O) groups is 9. The molecule has 0 fully saturated rings. The van der Waals surface area contributed by atoms with Crippen molar-refractivity contribution in [2.75, 3.05) is 29.5 Å². The predicted octanol–water partition coefficient (Wildman–Crippen LogP) is 3.91. The Balaban J connectivity index is -0.00000118. The molecule has 35 heteroatoms. The zero-order chi connectivity index (χ0) is 73.9. The van der Waals surface area contributed by atoms with E-state index in [0.29, 0.717) is 94.0 Å². The summed E-state index contributed by atoms with van der Waals surface area (Å²) in [5.74, 6) is -1.54. The van der Waals surface area contributed by atoms with Crippen molar-refractivity contribution in [1.82, 2.24) is 49.7 Å². The van der Waals surface area contributed by atoms with Gasteiger partial charge in [-0.2, -0.15) is 10.2 Å². The number of nitrogen functional groups attached to an aromatic ring is 1. The molecule has 0 aliphatic heterocycles. The molecular weight excluding hydrogens is 1760 g/mol. The summed E-state index contributed by atoms with van der Waals surface area (Å²) in [7, 11) is 0. The Morgan fingerprint density at radius 1 is 0.600 bits per heavy atom. The van der Waals surface area contributed by atoms with E-state index in [9.17, 15) is 38.4 Å². The molecule has 6 heterocycles. The van der Waals surface area contributed by atoms with Crippen molar-refractivity contribution in [3.8, 4) is 0 Å². The molecule has 0 aliphatic carbocycles. The number of primary amides is 2. The first-order valence-corrected chi connectivity index (χ1v) is 35.5. The summed E-state index contributed by atoms with van der Waals surface area (Å²) in [6.07, 6.45) is 2.82. The molecule has 0 bridgehead atoms. The van der Waals surface area contributed by atoms with Gasteiger partial charge in [-0.25, -0.2) is 19.9 Å². The topological polar surface area (TPSA) is 413 Å². The normalized spacial score (nSPS) is 9.94. The molecule has 3 amide bonds. The van der Waals surface area contributed by atoms with Crippen molar-refractivity contribution in [3.63, 3.8) is 0 Å². The molecule has 100 heavy (non-hydrogen) atoms. The minimum Gasteiger partial charge on any atom is -1.00 e. The Hall–Kier alpha value is -3.87. The number of benzene rings is 2. The number of Topliss-reactive ketones (excluding diaryl/α,β-unsaturated/α-hetero) is 3. The fraction of sp³-hybridized carbons (Fsp3) is 0.338. The zero-order valence-electron chi connectivity index (χ0n) is 57.5. The number of fused-ring (bicyclic) bond motifs is 2. The van der Waals surface area contributed by atoms with E-state index in [0.717, 1.165) is 37.1 Å². The van der Waals surface area contributed by atoms with Gasteiger partial charge in [0.2, 0.25) is 11.1 Å². The average Bonchev–Trinajstić information content (AvgIpc) is 1.66. The number of hydrogen-bond donors (Lipinski definition) is 6. The monoisotopic (exact) mass is 1830 g/mol. The molecule has 0 aliphatic rings. The van der Waals surface area contributed by atoms with Crippen LogP contribution in [-0.2, 0) is 70.8 Å². The molecule has 532 valence electrons. The molecule has 8 aromatic rings. The van der Waals surface area contributed by atoms with Crippen LogP contribution in [0.1, 0.15) is 107 Å². The maximum absolute atomic E-state index is 13.0. The third-order valence-electron chi connectivity index (χ3n) is 11.8. The second kappa shape index (κ2) is 56.5. The SMILES string of the molecule is CC(C)N.CC(C)N(CCC(=O)Cc1cccc(Br)n1)C(=O)Cn1nc(C(N)=O)c2ccccc21.CC(C)NCCC(=O)Cc1cccc(Br)n1.NC(=O)c1nn(CC(=O)O)c2ccccc12.Nc1cccc(Br)n1.O=C(CCBr)Cc1cccc(Br)n1.O=C(Cl)CCBr.O=CO[O-].[H-].[K+].[K+]. The summed E-state index contributed by atoms with van der Waals surface area (Å²) < 4.78 is 5.74. The standard InChI is InChI=1S/C22H24BrN5O3.C12H17BrN2O.C10H9N3O3.C9H9Br2NO.C5H5BrN2.C3H4BrClO.C3H9N.CH2O3.2K.H/c1-14(2)27(11-10-16(29)12-15-6-5-9-19(23)25-15)20(30)13-28-18-8-4-3-7-17(18)21(26-28)22(24)31;1-9(2)14-7-6-11(16)8-10-4-3-5-12(13)15-10;11-10(16)9-6-3-1-2-4-7(6)13(12-9)5-8(14)15;10-5-4-8(13)6-7-2-1-3-9(11)12-7;6-4-2-1-3-5(7)8-4;4-2-1-3(5)6;1-3(2)4;2-1-4-3;;;/h3-9,14H,10-13H2,1-2H3,(H2,24,31);3-5,9,14H,6-8H2,1-2H3;1-4H,5H2,(H2,11,16)(H,14,15);1-3H,4-6H2;1-3H,(H2,7,8);1-2H2;3H,4H2,1-2H3;1,3H;;;/q;;;;;;;;2*+1;-1/p-1. The van der Waals surface area contributed by atoms with Crippen molar-refractivity contribution in [2.45, 2.75) is 118 Å². The second-order valence-corrected chi connectivity index (χ2v) is 26.3. The first-order chi connectivity index (χ1) is 46.3. The van der Waals surface area contributed by atoms with E-state index in [1.807, 2.05) is 88.4 Å². The fourth-order valence-corrected chi connectivity index (χ4v) is 10.4. The van der Waals surface area contributed by atoms with Gasteiger partial charge >= 0.3 is 109 Å². The number of nitrogens with zero attached hydrogens (tertiary/aromatic N) is 9. The van der Waals surface area contributed by atoms with Gasteiger partial charge in [0.15, 0.2) is 11.4 Å². The number of alkyl halides is 2. The number of rotatable bonds is 25. The maximum atomic E-state index is 13.0. The third kappa shape index (κ3) is 44.1. The first-order valence-electron chi connectivity index (χ1n) is 29.7. The molecule has 8 rings (SSSR count). The number of ketones is 3. The summed E-state index contributed by atoms with van der Waals surface area (Å²) in [6, 6.07) is 36.7. The van der Waals surface area contributed by atoms with Gasteiger partial charge in [-0.3, -0.25) is 52.5 Å². The predicted molar refractivity (Wildman–Crippen MR) is 397 cm³/mol. The van der Waals surface area contributed by atoms with Gasteiger partial charge in [0.1, 0.15) is 54.7 Å². The van der Waals surface area contributed by atoms with Crippen LogP contribution >= 0.6 is 107 Å². The Morgan fingerprint density at radius 2 is 0.970 bits per heavy atom. The summed E-state index contributed by atoms with van der Waals surface area (Å²) >= 11 is 24.2. The van der Waals surface area contributed by atoms with E-state index in [1.54, 1.807) is 65.6 Å². The average molecular weight is 1840 g/mol. The number of anilines is 1. The Bertz CT molecular complexity index is 3830. The van der Waals surface area contributed by atoms with Gasteiger partial charge < -0.3 is 49.8 Å². The smallest absolute Gasteiger partial charge is 1.00 e. The van der Waals surface area contributed by atoms with E-state index < -0.39 is 17.8 Å². The maximum Gasteiger partial charge on any atom is 1.00 e. The quantitative estimate of drug-likeness (QED) is 0.00898. The van der Waals surface area contributed by atoms with Crippen LogP contribution in [0.15, 0.2) is 140 Å². The molecule has 2 aromatic carbocycles. The van der Waals surface area contributed by atoms with Crippen molar-refractivity contribution < 1.29 is 163 Å². The number of amides is 3. The van der Waals surface area contributed by atoms with Crippen molar-refractivity contribution in [3.05, 3.63) is 168 Å². The van der Waals surface area contributed by atoms with Gasteiger partial charge in [-0.05, 0) is 156 Å². The molecule has 6 aromatic heterocycles. The van der Waals surface area contributed by atoms with Crippen LogP contribution in [0.4, 0.5) is 5.82 Å². The zero-order valence-corrected chi connectivity index (χ0v) is 73.0. The first kappa shape index (κ1) is 98.2. The second-order valence-electron chi connectivity index (χ2n) is 21.0. The minimum absolute atomic E-state index is 0. The largest absolute Gasteiger partial charge is 1.00 e. The minimum atomic E-state index is -1.02. The summed E-state index contributed by atoms with van der Waals surface area (Å²) in [6.45, 7) is 12.3. The van der Waals surface area contributed by atoms with E-state index >= 15 is 0 Å². The number of aromatic nitrogens is 8. The van der Waals surface area contributed by atoms with Crippen molar-refractivity contribution >= 4 is 188 Å². The van der Waals surface area contributed by atoms with E-state index in [4.69, 9.17) is 49.7 Å². The fourth-order valence-electron chi connectivity index (χ4n) is 7.74. The van der Waals surface area contributed by atoms with Gasteiger partial charge in [0.05, 0.1) is 11.0 Å². The van der Waals surface area contributed by atoms with E-state index in [1.165, 1.54) is 9.36 Å². The molecule has 0 spiro atoms. The molecule has 10 N–H and O–H groups in total. The number of carboxylic acid groups (broad SMARTS) is 1. The molecular formula is C65H79Br6ClK2N14O12. The third-order valence-corrected chi connectivity index (χ3v) is 14.5. The molecule has 0 unspecified atom stereocenters. The number of halogens is 7. The molecule has 0 saturated carbocycles. The molecule has 26 nitrogen and oxygen atoms in total. The van der Waals surface area contributed by atoms with Crippen LogP contribution in [0.5, 0.6) is 0 Å². The van der Waals surface area contributed by atoms with Crippen LogP contribution in [-0.4, -0.2) is 144 Å². The summed E-state index contributed by atoms with van der Waals surface area (Å²) in [5, 5.41) is 30.8. The van der Waals surface area contributed by atoms with Crippen LogP contribution in [0.3, 0.4) is 0 Å². The number of pyridine rings is 4. The number of carboxylic acids is 1. The number of carbonyl (C=O) groups excluding carboxylic acids is 8. The number of nitrogens with one attached hydrogen (secondary N) is 1. The van der Waals surface area contributed by atoms with Gasteiger partial charge in [-0.15, -0.1) is 0 Å². The summed E-state index contributed by atoms with van der Waals surface area (Å²) in [4.78, 5) is 121. The van der Waals surface area contributed by atoms with Gasteiger partial charge in [0.25, 0.3) is 18.3 Å². The van der Waals surface area contributed by atoms with E-state index in [2.05, 4.69) is 150 Å². The number of aliphatic carboxylic acids is 1. The Morgan fingerprint density at radius 3 is 1.28 bits per heavy atom. The molecule has 0 radical (unpaired) electrons. The molecule has 0 atom stereocenters. The number of para-hydroxylation sites is 2.